The second-order valence-corrected chi connectivity index (χ2v) is 9.68. The Hall–Kier alpha value is -3.36. The van der Waals surface area contributed by atoms with Crippen LogP contribution in [0.3, 0.4) is 0 Å². The van der Waals surface area contributed by atoms with Crippen LogP contribution in [0, 0.1) is 27.7 Å². The Morgan fingerprint density at radius 3 is 1.88 bits per heavy atom. The first kappa shape index (κ1) is 22.8. The summed E-state index contributed by atoms with van der Waals surface area (Å²) in [6.07, 6.45) is 8.68. The smallest absolute Gasteiger partial charge is 0.0464 e. The van der Waals surface area contributed by atoms with Crippen LogP contribution < -0.4 is 4.90 Å². The Morgan fingerprint density at radius 2 is 1.24 bits per heavy atom. The van der Waals surface area contributed by atoms with Crippen molar-refractivity contribution in [3.05, 3.63) is 116 Å². The van der Waals surface area contributed by atoms with Gasteiger partial charge in [0.2, 0.25) is 0 Å². The molecule has 0 unspecified atom stereocenters. The second kappa shape index (κ2) is 10.1. The van der Waals surface area contributed by atoms with E-state index in [2.05, 4.69) is 137 Å². The van der Waals surface area contributed by atoms with Crippen LogP contribution in [0.1, 0.15) is 44.5 Å². The van der Waals surface area contributed by atoms with Crippen molar-refractivity contribution in [3.8, 4) is 0 Å². The molecule has 0 bridgehead atoms. The van der Waals surface area contributed by atoms with E-state index >= 15 is 0 Å². The zero-order valence-electron chi connectivity index (χ0n) is 20.1. The maximum Gasteiger partial charge on any atom is 0.0464 e. The molecule has 0 aliphatic carbocycles. The largest absolute Gasteiger partial charge is 0.310 e. The topological polar surface area (TPSA) is 3.24 Å². The molecule has 0 spiro atoms. The van der Waals surface area contributed by atoms with E-state index in [-0.39, 0.29) is 0 Å². The first-order valence-electron chi connectivity index (χ1n) is 11.4. The van der Waals surface area contributed by atoms with Gasteiger partial charge in [0.25, 0.3) is 0 Å². The lowest BCUT2D eigenvalue weighted by atomic mass is 10.1. The third-order valence-electron chi connectivity index (χ3n) is 5.93. The molecule has 0 fully saturated rings. The van der Waals surface area contributed by atoms with Crippen molar-refractivity contribution in [2.24, 2.45) is 0 Å². The average molecular weight is 450 g/mol. The molecule has 1 heterocycles. The molecule has 1 nitrogen and oxygen atoms in total. The summed E-state index contributed by atoms with van der Waals surface area (Å²) in [5.41, 5.74) is 9.89. The molecule has 0 atom stereocenters. The van der Waals surface area contributed by atoms with Gasteiger partial charge in [0.15, 0.2) is 0 Å². The Morgan fingerprint density at radius 1 is 0.606 bits per heavy atom. The van der Waals surface area contributed by atoms with Crippen LogP contribution in [0.25, 0.3) is 18.2 Å². The highest BCUT2D eigenvalue weighted by atomic mass is 32.1. The number of thiophene rings is 1. The van der Waals surface area contributed by atoms with Crippen molar-refractivity contribution in [2.45, 2.75) is 34.6 Å². The van der Waals surface area contributed by atoms with E-state index < -0.39 is 0 Å². The SMILES string of the molecule is CC=Cc1cc(C)c(C=Cc2ccc(N(c3ccc(C)cc3)c3ccc(C)c(C)c3)cc2)s1. The zero-order valence-corrected chi connectivity index (χ0v) is 20.9. The average Bonchev–Trinajstić information content (AvgIpc) is 3.16. The van der Waals surface area contributed by atoms with Gasteiger partial charge in [-0.15, -0.1) is 11.3 Å². The molecule has 0 aliphatic rings. The van der Waals surface area contributed by atoms with Crippen LogP contribution in [-0.4, -0.2) is 0 Å². The summed E-state index contributed by atoms with van der Waals surface area (Å²) in [5.74, 6) is 0. The number of nitrogens with zero attached hydrogens (tertiary/aromatic N) is 1. The van der Waals surface area contributed by atoms with Gasteiger partial charge in [-0.25, -0.2) is 0 Å². The number of allylic oxidation sites excluding steroid dienone is 1. The minimum atomic E-state index is 1.15. The van der Waals surface area contributed by atoms with Crippen molar-refractivity contribution >= 4 is 46.6 Å². The maximum absolute atomic E-state index is 2.33. The van der Waals surface area contributed by atoms with Gasteiger partial charge < -0.3 is 4.90 Å². The van der Waals surface area contributed by atoms with E-state index in [0.717, 1.165) is 11.4 Å². The molecule has 0 saturated heterocycles. The van der Waals surface area contributed by atoms with Crippen molar-refractivity contribution in [3.63, 3.8) is 0 Å². The molecule has 0 radical (unpaired) electrons. The molecular formula is C31H31NS. The van der Waals surface area contributed by atoms with Crippen molar-refractivity contribution in [1.82, 2.24) is 0 Å². The minimum absolute atomic E-state index is 1.15. The number of benzene rings is 3. The highest BCUT2D eigenvalue weighted by molar-refractivity contribution is 7.14. The quantitative estimate of drug-likeness (QED) is 0.283. The minimum Gasteiger partial charge on any atom is -0.310 e. The van der Waals surface area contributed by atoms with Gasteiger partial charge in [-0.2, -0.15) is 0 Å². The van der Waals surface area contributed by atoms with E-state index in [1.54, 1.807) is 0 Å². The fourth-order valence-corrected chi connectivity index (χ4v) is 4.90. The summed E-state index contributed by atoms with van der Waals surface area (Å²) in [7, 11) is 0. The molecule has 2 heteroatoms. The van der Waals surface area contributed by atoms with Crippen LogP contribution in [0.4, 0.5) is 17.1 Å². The van der Waals surface area contributed by atoms with E-state index in [9.17, 15) is 0 Å². The number of hydrogen-bond acceptors (Lipinski definition) is 2. The van der Waals surface area contributed by atoms with Gasteiger partial charge in [0.1, 0.15) is 0 Å². The molecule has 3 aromatic carbocycles. The molecule has 0 N–H and O–H groups in total. The van der Waals surface area contributed by atoms with Gasteiger partial charge in [-0.3, -0.25) is 0 Å². The summed E-state index contributed by atoms with van der Waals surface area (Å²) >= 11 is 1.83. The van der Waals surface area contributed by atoms with Crippen molar-refractivity contribution < 1.29 is 0 Å². The fraction of sp³-hybridized carbons (Fsp3) is 0.161. The van der Waals surface area contributed by atoms with Gasteiger partial charge in [0, 0.05) is 26.8 Å². The van der Waals surface area contributed by atoms with Crippen LogP contribution in [0.5, 0.6) is 0 Å². The normalized spacial score (nSPS) is 11.5. The summed E-state index contributed by atoms with van der Waals surface area (Å²) < 4.78 is 0. The predicted octanol–water partition coefficient (Wildman–Crippen LogP) is 9.66. The molecular weight excluding hydrogens is 418 g/mol. The van der Waals surface area contributed by atoms with Crippen LogP contribution in [0.2, 0.25) is 0 Å². The lowest BCUT2D eigenvalue weighted by Gasteiger charge is -2.26. The molecule has 0 aliphatic heterocycles. The third-order valence-corrected chi connectivity index (χ3v) is 7.09. The van der Waals surface area contributed by atoms with Gasteiger partial charge in [0.05, 0.1) is 0 Å². The zero-order chi connectivity index (χ0) is 23.4. The number of anilines is 3. The lowest BCUT2D eigenvalue weighted by Crippen LogP contribution is -2.10. The standard InChI is InChI=1S/C31H31NS/c1-6-7-30-21-25(5)31(33-30)19-13-26-11-17-28(18-12-26)32(27-14-8-22(2)9-15-27)29-16-10-23(3)24(4)20-29/h6-21H,1-5H3. The summed E-state index contributed by atoms with van der Waals surface area (Å²) in [6.45, 7) is 10.7. The summed E-state index contributed by atoms with van der Waals surface area (Å²) in [5, 5.41) is 0. The lowest BCUT2D eigenvalue weighted by molar-refractivity contribution is 1.24. The number of aryl methyl sites for hydroxylation is 4. The third kappa shape index (κ3) is 5.35. The molecule has 4 rings (SSSR count). The molecule has 0 amide bonds. The summed E-state index contributed by atoms with van der Waals surface area (Å²) in [4.78, 5) is 4.93. The molecule has 166 valence electrons. The van der Waals surface area contributed by atoms with Crippen LogP contribution in [0.15, 0.2) is 78.9 Å². The second-order valence-electron chi connectivity index (χ2n) is 8.56. The van der Waals surface area contributed by atoms with Crippen LogP contribution >= 0.6 is 11.3 Å². The first-order valence-corrected chi connectivity index (χ1v) is 12.2. The van der Waals surface area contributed by atoms with E-state index in [4.69, 9.17) is 0 Å². The van der Waals surface area contributed by atoms with E-state index in [0.29, 0.717) is 0 Å². The molecule has 1 aromatic heterocycles. The molecule has 4 aromatic rings. The fourth-order valence-electron chi connectivity index (χ4n) is 3.85. The maximum atomic E-state index is 2.33. The Labute approximate surface area is 202 Å². The van der Waals surface area contributed by atoms with E-state index in [1.807, 2.05) is 11.3 Å². The number of rotatable bonds is 6. The number of hydrogen-bond donors (Lipinski definition) is 0. The highest BCUT2D eigenvalue weighted by Crippen LogP contribution is 2.35. The Balaban J connectivity index is 1.65. The summed E-state index contributed by atoms with van der Waals surface area (Å²) in [6, 6.07) is 26.5. The van der Waals surface area contributed by atoms with E-state index in [1.165, 1.54) is 43.3 Å². The Kier molecular flexibility index (Phi) is 6.96. The van der Waals surface area contributed by atoms with Crippen LogP contribution in [-0.2, 0) is 0 Å². The van der Waals surface area contributed by atoms with Gasteiger partial charge in [-0.05, 0) is 111 Å². The van der Waals surface area contributed by atoms with Crippen molar-refractivity contribution in [2.75, 3.05) is 4.90 Å². The van der Waals surface area contributed by atoms with Crippen molar-refractivity contribution in [1.29, 1.82) is 0 Å². The van der Waals surface area contributed by atoms with Gasteiger partial charge in [-0.1, -0.05) is 48.0 Å². The highest BCUT2D eigenvalue weighted by Gasteiger charge is 2.13. The monoisotopic (exact) mass is 449 g/mol. The Bertz CT molecular complexity index is 1290. The van der Waals surface area contributed by atoms with Gasteiger partial charge >= 0.3 is 0 Å². The first-order chi connectivity index (χ1) is 15.9. The molecule has 0 saturated carbocycles. The predicted molar refractivity (Wildman–Crippen MR) is 148 cm³/mol. The molecule has 33 heavy (non-hydrogen) atoms.